The number of benzene rings is 1. The second-order valence-electron chi connectivity index (χ2n) is 2.86. The molecule has 0 fully saturated rings. The average Bonchev–Trinajstić information content (AvgIpc) is 2.29. The van der Waals surface area contributed by atoms with Crippen LogP contribution in [0.4, 0.5) is 0 Å². The molecule has 0 radical (unpaired) electrons. The number of hydrogen-bond acceptors (Lipinski definition) is 4. The van der Waals surface area contributed by atoms with Crippen LogP contribution < -0.4 is 9.47 Å². The summed E-state index contributed by atoms with van der Waals surface area (Å²) in [5, 5.41) is 0. The van der Waals surface area contributed by atoms with Crippen LogP contribution in [0.2, 0.25) is 0 Å². The summed E-state index contributed by atoms with van der Waals surface area (Å²) in [6, 6.07) is 5.20. The summed E-state index contributed by atoms with van der Waals surface area (Å²) in [4.78, 5) is 10.8. The topological polar surface area (TPSA) is 35.5 Å². The summed E-state index contributed by atoms with van der Waals surface area (Å²) >= 11 is 1.70. The first kappa shape index (κ1) is 11.9. The van der Waals surface area contributed by atoms with E-state index in [-0.39, 0.29) is 0 Å². The molecule has 4 heteroatoms. The van der Waals surface area contributed by atoms with Crippen LogP contribution in [0.1, 0.15) is 10.4 Å². The van der Waals surface area contributed by atoms with E-state index in [9.17, 15) is 4.79 Å². The van der Waals surface area contributed by atoms with E-state index < -0.39 is 0 Å². The molecule has 0 spiro atoms. The number of aldehydes is 1. The summed E-state index contributed by atoms with van der Waals surface area (Å²) in [5.74, 6) is 2.18. The highest BCUT2D eigenvalue weighted by Crippen LogP contribution is 2.22. The Labute approximate surface area is 93.8 Å². The monoisotopic (exact) mass is 226 g/mol. The van der Waals surface area contributed by atoms with E-state index in [0.29, 0.717) is 23.7 Å². The number of rotatable bonds is 6. The lowest BCUT2D eigenvalue weighted by molar-refractivity contribution is 0.111. The lowest BCUT2D eigenvalue weighted by atomic mass is 10.2. The Morgan fingerprint density at radius 1 is 1.47 bits per heavy atom. The Morgan fingerprint density at radius 3 is 2.87 bits per heavy atom. The van der Waals surface area contributed by atoms with Gasteiger partial charge in [0.15, 0.2) is 6.29 Å². The van der Waals surface area contributed by atoms with E-state index in [4.69, 9.17) is 9.47 Å². The lowest BCUT2D eigenvalue weighted by Gasteiger charge is -2.08. The number of carbonyl (C=O) groups is 1. The number of hydrogen-bond donors (Lipinski definition) is 0. The van der Waals surface area contributed by atoms with E-state index >= 15 is 0 Å². The number of methoxy groups -OCH3 is 1. The van der Waals surface area contributed by atoms with Crippen LogP contribution in [0, 0.1) is 0 Å². The van der Waals surface area contributed by atoms with E-state index in [2.05, 4.69) is 0 Å². The molecule has 0 aromatic heterocycles. The van der Waals surface area contributed by atoms with Crippen molar-refractivity contribution in [3.05, 3.63) is 23.8 Å². The van der Waals surface area contributed by atoms with E-state index in [1.54, 1.807) is 37.1 Å². The van der Waals surface area contributed by atoms with E-state index in [0.717, 1.165) is 12.0 Å². The molecule has 0 bridgehead atoms. The maximum Gasteiger partial charge on any atom is 0.153 e. The number of thioether (sulfide) groups is 1. The Kier molecular flexibility index (Phi) is 5.04. The van der Waals surface area contributed by atoms with Crippen LogP contribution in [0.3, 0.4) is 0 Å². The highest BCUT2D eigenvalue weighted by Gasteiger charge is 2.04. The Morgan fingerprint density at radius 2 is 2.27 bits per heavy atom. The molecule has 0 aliphatic heterocycles. The number of carbonyl (C=O) groups excluding carboxylic acids is 1. The molecule has 0 atom stereocenters. The molecular formula is C11H14O3S. The van der Waals surface area contributed by atoms with Crippen molar-refractivity contribution in [2.75, 3.05) is 25.7 Å². The minimum absolute atomic E-state index is 0.524. The van der Waals surface area contributed by atoms with Gasteiger partial charge in [0.25, 0.3) is 0 Å². The fraction of sp³-hybridized carbons (Fsp3) is 0.364. The number of ether oxygens (including phenoxy) is 2. The lowest BCUT2D eigenvalue weighted by Crippen LogP contribution is -2.02. The predicted octanol–water partition coefficient (Wildman–Crippen LogP) is 2.25. The van der Waals surface area contributed by atoms with Gasteiger partial charge < -0.3 is 9.47 Å². The zero-order chi connectivity index (χ0) is 11.1. The summed E-state index contributed by atoms with van der Waals surface area (Å²) in [6.45, 7) is 0.605. The summed E-state index contributed by atoms with van der Waals surface area (Å²) in [7, 11) is 1.57. The third kappa shape index (κ3) is 3.47. The van der Waals surface area contributed by atoms with Gasteiger partial charge in [-0.2, -0.15) is 11.8 Å². The first-order chi connectivity index (χ1) is 7.31. The maximum absolute atomic E-state index is 10.8. The van der Waals surface area contributed by atoms with Crippen molar-refractivity contribution < 1.29 is 14.3 Å². The van der Waals surface area contributed by atoms with Crippen LogP contribution >= 0.6 is 11.8 Å². The normalized spacial score (nSPS) is 9.73. The molecule has 0 heterocycles. The van der Waals surface area contributed by atoms with Gasteiger partial charge in [-0.25, -0.2) is 0 Å². The van der Waals surface area contributed by atoms with Gasteiger partial charge in [-0.3, -0.25) is 4.79 Å². The molecular weight excluding hydrogens is 212 g/mol. The second kappa shape index (κ2) is 6.35. The zero-order valence-electron chi connectivity index (χ0n) is 8.86. The average molecular weight is 226 g/mol. The minimum atomic E-state index is 0.524. The fourth-order valence-corrected chi connectivity index (χ4v) is 1.36. The van der Waals surface area contributed by atoms with Crippen LogP contribution in [-0.4, -0.2) is 32.0 Å². The van der Waals surface area contributed by atoms with Crippen molar-refractivity contribution >= 4 is 18.0 Å². The van der Waals surface area contributed by atoms with Gasteiger partial charge in [0.1, 0.15) is 11.5 Å². The molecule has 0 amide bonds. The van der Waals surface area contributed by atoms with E-state index in [1.807, 2.05) is 6.26 Å². The third-order valence-corrected chi connectivity index (χ3v) is 2.46. The molecule has 0 unspecified atom stereocenters. The molecule has 3 nitrogen and oxygen atoms in total. The van der Waals surface area contributed by atoms with Gasteiger partial charge in [-0.1, -0.05) is 0 Å². The minimum Gasteiger partial charge on any atom is -0.497 e. The molecule has 0 saturated carbocycles. The Hall–Kier alpha value is -1.16. The van der Waals surface area contributed by atoms with Crippen molar-refractivity contribution in [2.24, 2.45) is 0 Å². The van der Waals surface area contributed by atoms with E-state index in [1.165, 1.54) is 0 Å². The van der Waals surface area contributed by atoms with Gasteiger partial charge >= 0.3 is 0 Å². The molecule has 1 rings (SSSR count). The van der Waals surface area contributed by atoms with Crippen molar-refractivity contribution in [3.8, 4) is 11.5 Å². The van der Waals surface area contributed by atoms with Gasteiger partial charge in [0, 0.05) is 5.75 Å². The van der Waals surface area contributed by atoms with Crippen LogP contribution in [-0.2, 0) is 0 Å². The molecule has 0 aliphatic rings. The smallest absolute Gasteiger partial charge is 0.153 e. The van der Waals surface area contributed by atoms with Crippen molar-refractivity contribution in [1.29, 1.82) is 0 Å². The van der Waals surface area contributed by atoms with Crippen LogP contribution in [0.5, 0.6) is 11.5 Å². The zero-order valence-corrected chi connectivity index (χ0v) is 9.67. The standard InChI is InChI=1S/C11H14O3S/c1-13-10-3-4-11(9(7-10)8-12)14-5-6-15-2/h3-4,7-8H,5-6H2,1-2H3. The van der Waals surface area contributed by atoms with Crippen LogP contribution in [0.25, 0.3) is 0 Å². The Balaban J connectivity index is 2.73. The quantitative estimate of drug-likeness (QED) is 0.550. The first-order valence-corrected chi connectivity index (χ1v) is 5.96. The van der Waals surface area contributed by atoms with Crippen molar-refractivity contribution in [2.45, 2.75) is 0 Å². The highest BCUT2D eigenvalue weighted by atomic mass is 32.2. The Bertz CT molecular complexity index is 326. The maximum atomic E-state index is 10.8. The van der Waals surface area contributed by atoms with Gasteiger partial charge in [-0.05, 0) is 24.5 Å². The first-order valence-electron chi connectivity index (χ1n) is 4.56. The summed E-state index contributed by atoms with van der Waals surface area (Å²) in [5.41, 5.74) is 0.524. The van der Waals surface area contributed by atoms with Crippen molar-refractivity contribution in [1.82, 2.24) is 0 Å². The molecule has 1 aromatic rings. The molecule has 0 aliphatic carbocycles. The van der Waals surface area contributed by atoms with Gasteiger partial charge in [0.2, 0.25) is 0 Å². The molecule has 1 aromatic carbocycles. The third-order valence-electron chi connectivity index (χ3n) is 1.89. The van der Waals surface area contributed by atoms with Crippen LogP contribution in [0.15, 0.2) is 18.2 Å². The summed E-state index contributed by atoms with van der Waals surface area (Å²) < 4.78 is 10.5. The summed E-state index contributed by atoms with van der Waals surface area (Å²) in [6.07, 6.45) is 2.79. The highest BCUT2D eigenvalue weighted by molar-refractivity contribution is 7.98. The van der Waals surface area contributed by atoms with Gasteiger partial charge in [-0.15, -0.1) is 0 Å². The fourth-order valence-electron chi connectivity index (χ4n) is 1.11. The van der Waals surface area contributed by atoms with Crippen molar-refractivity contribution in [3.63, 3.8) is 0 Å². The molecule has 82 valence electrons. The molecule has 15 heavy (non-hydrogen) atoms. The molecule has 0 saturated heterocycles. The predicted molar refractivity (Wildman–Crippen MR) is 62.3 cm³/mol. The van der Waals surface area contributed by atoms with Gasteiger partial charge in [0.05, 0.1) is 19.3 Å². The second-order valence-corrected chi connectivity index (χ2v) is 3.85. The SMILES string of the molecule is COc1ccc(OCCSC)c(C=O)c1. The molecule has 0 N–H and O–H groups in total. The largest absolute Gasteiger partial charge is 0.497 e.